The van der Waals surface area contributed by atoms with Crippen molar-refractivity contribution in [1.29, 1.82) is 0 Å². The molecule has 0 amide bonds. The SMILES string of the molecule is C.COC1=NCc2nc(N3CCC4(CC3)Cc3ccccc3[C@H]4N)c(CO)nc21. The molecule has 5 rings (SSSR count). The first-order valence-corrected chi connectivity index (χ1v) is 9.83. The Labute approximate surface area is 171 Å². The zero-order chi connectivity index (χ0) is 19.3. The van der Waals surface area contributed by atoms with Crippen LogP contribution in [-0.4, -0.2) is 41.2 Å². The van der Waals surface area contributed by atoms with Gasteiger partial charge in [-0.1, -0.05) is 31.7 Å². The fraction of sp³-hybridized carbons (Fsp3) is 0.500. The van der Waals surface area contributed by atoms with Crippen molar-refractivity contribution in [1.82, 2.24) is 9.97 Å². The van der Waals surface area contributed by atoms with Crippen LogP contribution in [0.1, 0.15) is 54.5 Å². The van der Waals surface area contributed by atoms with E-state index in [0.717, 1.165) is 43.9 Å². The Morgan fingerprint density at radius 1 is 1.24 bits per heavy atom. The van der Waals surface area contributed by atoms with E-state index in [1.165, 1.54) is 11.1 Å². The van der Waals surface area contributed by atoms with Crippen molar-refractivity contribution in [3.8, 4) is 0 Å². The molecule has 3 aliphatic rings. The van der Waals surface area contributed by atoms with Gasteiger partial charge in [-0.3, -0.25) is 0 Å². The molecule has 3 N–H and O–H groups in total. The summed E-state index contributed by atoms with van der Waals surface area (Å²) in [6, 6.07) is 8.65. The number of hydrogen-bond donors (Lipinski definition) is 2. The van der Waals surface area contributed by atoms with Gasteiger partial charge in [-0.05, 0) is 35.8 Å². The van der Waals surface area contributed by atoms with Gasteiger partial charge in [0.15, 0.2) is 5.82 Å². The third kappa shape index (κ3) is 3.00. The van der Waals surface area contributed by atoms with Crippen molar-refractivity contribution >= 4 is 11.7 Å². The standard InChI is InChI=1S/C21H25N5O2.CH4/c1-28-20-17-15(11-23-20)25-19(16(12-27)24-17)26-8-6-21(7-9-26)10-13-4-2-3-5-14(13)18(21)22;/h2-5,18,27H,6-12,22H2,1H3;1H4/t18-;/m1./s1. The molecule has 154 valence electrons. The highest BCUT2D eigenvalue weighted by Crippen LogP contribution is 2.51. The maximum absolute atomic E-state index is 9.87. The van der Waals surface area contributed by atoms with Gasteiger partial charge in [-0.25, -0.2) is 15.0 Å². The lowest BCUT2D eigenvalue weighted by Gasteiger charge is -2.43. The summed E-state index contributed by atoms with van der Waals surface area (Å²) in [5.41, 5.74) is 11.5. The third-order valence-electron chi connectivity index (χ3n) is 6.59. The first-order valence-electron chi connectivity index (χ1n) is 9.83. The van der Waals surface area contributed by atoms with Gasteiger partial charge < -0.3 is 20.5 Å². The van der Waals surface area contributed by atoms with E-state index < -0.39 is 0 Å². The number of methoxy groups -OCH3 is 1. The lowest BCUT2D eigenvalue weighted by Crippen LogP contribution is -2.45. The number of nitrogens with zero attached hydrogens (tertiary/aromatic N) is 4. The summed E-state index contributed by atoms with van der Waals surface area (Å²) in [6.45, 7) is 2.04. The van der Waals surface area contributed by atoms with E-state index >= 15 is 0 Å². The molecule has 3 heterocycles. The molecule has 0 bridgehead atoms. The predicted molar refractivity (Wildman–Crippen MR) is 113 cm³/mol. The van der Waals surface area contributed by atoms with Crippen molar-refractivity contribution < 1.29 is 9.84 Å². The molecule has 7 heteroatoms. The van der Waals surface area contributed by atoms with Gasteiger partial charge in [0, 0.05) is 19.1 Å². The fourth-order valence-corrected chi connectivity index (χ4v) is 4.99. The molecule has 1 aromatic carbocycles. The number of nitrogens with two attached hydrogens (primary N) is 1. The molecule has 7 nitrogen and oxygen atoms in total. The van der Waals surface area contributed by atoms with E-state index in [-0.39, 0.29) is 25.5 Å². The molecule has 1 aromatic heterocycles. The molecule has 1 atom stereocenters. The molecule has 1 spiro atoms. The number of aromatic nitrogens is 2. The summed E-state index contributed by atoms with van der Waals surface area (Å²) in [5, 5.41) is 9.87. The van der Waals surface area contributed by atoms with Crippen LogP contribution in [0.15, 0.2) is 29.3 Å². The van der Waals surface area contributed by atoms with E-state index in [1.54, 1.807) is 7.11 Å². The van der Waals surface area contributed by atoms with E-state index in [0.29, 0.717) is 23.8 Å². The van der Waals surface area contributed by atoms with E-state index in [4.69, 9.17) is 15.5 Å². The van der Waals surface area contributed by atoms with Crippen molar-refractivity contribution in [2.24, 2.45) is 16.1 Å². The summed E-state index contributed by atoms with van der Waals surface area (Å²) < 4.78 is 5.27. The van der Waals surface area contributed by atoms with Crippen LogP contribution in [0, 0.1) is 5.41 Å². The summed E-state index contributed by atoms with van der Waals surface area (Å²) in [6.07, 6.45) is 3.06. The number of fused-ring (bicyclic) bond motifs is 2. The zero-order valence-corrected chi connectivity index (χ0v) is 16.1. The van der Waals surface area contributed by atoms with Gasteiger partial charge in [0.25, 0.3) is 0 Å². The monoisotopic (exact) mass is 395 g/mol. The summed E-state index contributed by atoms with van der Waals surface area (Å²) >= 11 is 0. The normalized spacial score (nSPS) is 21.4. The Balaban J connectivity index is 0.00000205. The average Bonchev–Trinajstić information content (AvgIpc) is 3.26. The van der Waals surface area contributed by atoms with Crippen molar-refractivity contribution in [2.45, 2.75) is 45.9 Å². The van der Waals surface area contributed by atoms with Crippen LogP contribution < -0.4 is 10.6 Å². The maximum Gasteiger partial charge on any atom is 0.237 e. The van der Waals surface area contributed by atoms with E-state index in [1.807, 2.05) is 0 Å². The fourth-order valence-electron chi connectivity index (χ4n) is 4.99. The van der Waals surface area contributed by atoms with Gasteiger partial charge >= 0.3 is 0 Å². The number of hydrogen-bond acceptors (Lipinski definition) is 7. The smallest absolute Gasteiger partial charge is 0.237 e. The number of benzene rings is 1. The quantitative estimate of drug-likeness (QED) is 0.810. The molecular weight excluding hydrogens is 366 g/mol. The highest BCUT2D eigenvalue weighted by atomic mass is 16.5. The minimum atomic E-state index is -0.154. The average molecular weight is 396 g/mol. The van der Waals surface area contributed by atoms with Crippen molar-refractivity contribution in [3.05, 3.63) is 52.5 Å². The second-order valence-electron chi connectivity index (χ2n) is 7.98. The summed E-state index contributed by atoms with van der Waals surface area (Å²) in [5.74, 6) is 1.27. The van der Waals surface area contributed by atoms with Crippen LogP contribution in [0.2, 0.25) is 0 Å². The molecule has 0 radical (unpaired) electrons. The molecule has 0 unspecified atom stereocenters. The van der Waals surface area contributed by atoms with Crippen LogP contribution in [0.4, 0.5) is 5.82 Å². The van der Waals surface area contributed by atoms with Crippen molar-refractivity contribution in [2.75, 3.05) is 25.1 Å². The van der Waals surface area contributed by atoms with Crippen LogP contribution in [-0.2, 0) is 24.3 Å². The Morgan fingerprint density at radius 3 is 2.69 bits per heavy atom. The van der Waals surface area contributed by atoms with Gasteiger partial charge in [0.05, 0.1) is 26.0 Å². The van der Waals surface area contributed by atoms with Gasteiger partial charge in [0.2, 0.25) is 5.90 Å². The Morgan fingerprint density at radius 2 is 2.00 bits per heavy atom. The van der Waals surface area contributed by atoms with E-state index in [9.17, 15) is 5.11 Å². The molecular formula is C22H29N5O2. The maximum atomic E-state index is 9.87. The second kappa shape index (κ2) is 7.39. The summed E-state index contributed by atoms with van der Waals surface area (Å²) in [7, 11) is 1.58. The molecule has 1 saturated heterocycles. The Kier molecular flexibility index (Phi) is 5.04. The minimum absolute atomic E-state index is 0. The Bertz CT molecular complexity index is 950. The molecule has 0 saturated carbocycles. The van der Waals surface area contributed by atoms with Gasteiger partial charge in [-0.2, -0.15) is 0 Å². The number of anilines is 1. The lowest BCUT2D eigenvalue weighted by molar-refractivity contribution is 0.186. The molecule has 1 aliphatic carbocycles. The van der Waals surface area contributed by atoms with Crippen LogP contribution in [0.3, 0.4) is 0 Å². The van der Waals surface area contributed by atoms with Crippen LogP contribution in [0.5, 0.6) is 0 Å². The lowest BCUT2D eigenvalue weighted by atomic mass is 9.73. The first-order chi connectivity index (χ1) is 13.6. The first kappa shape index (κ1) is 19.8. The van der Waals surface area contributed by atoms with Crippen molar-refractivity contribution in [3.63, 3.8) is 0 Å². The molecule has 2 aromatic rings. The molecule has 29 heavy (non-hydrogen) atoms. The predicted octanol–water partition coefficient (Wildman–Crippen LogP) is 2.35. The van der Waals surface area contributed by atoms with E-state index in [2.05, 4.69) is 39.1 Å². The third-order valence-corrected chi connectivity index (χ3v) is 6.59. The Hall–Kier alpha value is -2.51. The number of ether oxygens (including phenoxy) is 1. The zero-order valence-electron chi connectivity index (χ0n) is 16.1. The van der Waals surface area contributed by atoms with Crippen LogP contribution in [0.25, 0.3) is 0 Å². The molecule has 2 aliphatic heterocycles. The number of piperidine rings is 1. The number of aliphatic imine (C=N–C) groups is 1. The number of rotatable bonds is 2. The topological polar surface area (TPSA) is 96.9 Å². The summed E-state index contributed by atoms with van der Waals surface area (Å²) in [4.78, 5) is 16.0. The highest BCUT2D eigenvalue weighted by Gasteiger charge is 2.46. The second-order valence-corrected chi connectivity index (χ2v) is 7.98. The minimum Gasteiger partial charge on any atom is -0.480 e. The number of aliphatic hydroxyl groups excluding tert-OH is 1. The molecule has 1 fully saturated rings. The number of aliphatic hydroxyl groups is 1. The van der Waals surface area contributed by atoms with Gasteiger partial charge in [-0.15, -0.1) is 0 Å². The highest BCUT2D eigenvalue weighted by molar-refractivity contribution is 5.95. The van der Waals surface area contributed by atoms with Crippen LogP contribution >= 0.6 is 0 Å². The largest absolute Gasteiger partial charge is 0.480 e. The van der Waals surface area contributed by atoms with Gasteiger partial charge in [0.1, 0.15) is 11.4 Å².